The van der Waals surface area contributed by atoms with E-state index in [4.69, 9.17) is 11.5 Å². The van der Waals surface area contributed by atoms with Crippen LogP contribution in [0.25, 0.3) is 0 Å². The third-order valence-electron chi connectivity index (χ3n) is 0.548. The van der Waals surface area contributed by atoms with Crippen molar-refractivity contribution < 1.29 is 4.79 Å². The molecule has 0 saturated carbocycles. The van der Waals surface area contributed by atoms with Gasteiger partial charge in [0.1, 0.15) is 0 Å². The molecule has 0 aromatic rings. The van der Waals surface area contributed by atoms with Crippen molar-refractivity contribution >= 4 is 16.9 Å². The molecular formula is C8H22N2OS. The molecule has 76 valence electrons. The van der Waals surface area contributed by atoms with Crippen LogP contribution in [0.15, 0.2) is 0 Å². The van der Waals surface area contributed by atoms with Gasteiger partial charge in [-0.3, -0.25) is 4.79 Å². The molecule has 0 unspecified atom stereocenters. The van der Waals surface area contributed by atoms with E-state index in [1.807, 2.05) is 27.7 Å². The van der Waals surface area contributed by atoms with Gasteiger partial charge < -0.3 is 11.5 Å². The van der Waals surface area contributed by atoms with Gasteiger partial charge in [0, 0.05) is 12.3 Å². The van der Waals surface area contributed by atoms with Gasteiger partial charge in [-0.1, -0.05) is 39.5 Å². The van der Waals surface area contributed by atoms with Gasteiger partial charge in [0.25, 0.3) is 0 Å². The third kappa shape index (κ3) is 22.5. The first-order valence-corrected chi connectivity index (χ1v) is 5.35. The lowest BCUT2D eigenvalue weighted by atomic mass is 10.8. The van der Waals surface area contributed by atoms with Crippen LogP contribution in [0.3, 0.4) is 0 Å². The van der Waals surface area contributed by atoms with E-state index < -0.39 is 0 Å². The number of hydrogen-bond acceptors (Lipinski definition) is 4. The van der Waals surface area contributed by atoms with E-state index in [0.717, 1.165) is 0 Å². The quantitative estimate of drug-likeness (QED) is 0.708. The maximum atomic E-state index is 10.4. The highest BCUT2D eigenvalue weighted by Crippen LogP contribution is 1.96. The minimum absolute atomic E-state index is 0.00968. The fourth-order valence-electron chi connectivity index (χ4n) is 0.232. The minimum atomic E-state index is 0.00968. The normalized spacial score (nSPS) is 7.17. The molecule has 0 aliphatic carbocycles. The second-order valence-electron chi connectivity index (χ2n) is 1.21. The largest absolute Gasteiger partial charge is 0.330 e. The molecule has 4 N–H and O–H groups in total. The summed E-state index contributed by atoms with van der Waals surface area (Å²) in [4.78, 5) is 10.4. The molecule has 12 heavy (non-hydrogen) atoms. The first-order valence-electron chi connectivity index (χ1n) is 4.37. The van der Waals surface area contributed by atoms with Gasteiger partial charge in [0.05, 0.1) is 6.54 Å². The predicted molar refractivity (Wildman–Crippen MR) is 58.3 cm³/mol. The molecule has 0 aromatic carbocycles. The molecule has 0 fully saturated rings. The van der Waals surface area contributed by atoms with Gasteiger partial charge in [-0.05, 0) is 0 Å². The van der Waals surface area contributed by atoms with Gasteiger partial charge in [-0.25, -0.2) is 0 Å². The molecule has 0 aliphatic heterocycles. The van der Waals surface area contributed by atoms with Crippen molar-refractivity contribution in [1.82, 2.24) is 0 Å². The van der Waals surface area contributed by atoms with Crippen LogP contribution in [-0.4, -0.2) is 24.0 Å². The Labute approximate surface area is 80.3 Å². The second kappa shape index (κ2) is 22.4. The van der Waals surface area contributed by atoms with Crippen LogP contribution in [0.5, 0.6) is 0 Å². The summed E-state index contributed by atoms with van der Waals surface area (Å²) in [6.07, 6.45) is 0. The smallest absolute Gasteiger partial charge is 0.202 e. The molecule has 0 saturated heterocycles. The molecule has 0 aromatic heterocycles. The summed E-state index contributed by atoms with van der Waals surface area (Å²) in [5, 5.41) is 0.00968. The Kier molecular flexibility index (Phi) is 33.4. The maximum absolute atomic E-state index is 10.4. The van der Waals surface area contributed by atoms with Gasteiger partial charge >= 0.3 is 0 Å². The molecule has 4 heteroatoms. The number of thioether (sulfide) groups is 1. The zero-order valence-electron chi connectivity index (χ0n) is 8.59. The number of rotatable bonds is 3. The Balaban J connectivity index is -0.000000175. The fourth-order valence-corrected chi connectivity index (χ4v) is 0.695. The number of nitrogens with two attached hydrogens (primary N) is 2. The fraction of sp³-hybridized carbons (Fsp3) is 0.875. The molecule has 0 rings (SSSR count). The Morgan fingerprint density at radius 2 is 1.58 bits per heavy atom. The van der Waals surface area contributed by atoms with E-state index in [0.29, 0.717) is 12.3 Å². The summed E-state index contributed by atoms with van der Waals surface area (Å²) >= 11 is 1.19. The van der Waals surface area contributed by atoms with E-state index in [9.17, 15) is 4.79 Å². The minimum Gasteiger partial charge on any atom is -0.330 e. The highest BCUT2D eigenvalue weighted by Gasteiger charge is 1.94. The summed E-state index contributed by atoms with van der Waals surface area (Å²) in [6.45, 7) is 8.65. The predicted octanol–water partition coefficient (Wildman–Crippen LogP) is 1.22. The number of carbonyl (C=O) groups excluding carboxylic acids is 1. The number of carbonyl (C=O) groups is 1. The van der Waals surface area contributed by atoms with Crippen LogP contribution < -0.4 is 11.5 Å². The number of hydrogen-bond donors (Lipinski definition) is 2. The van der Waals surface area contributed by atoms with Gasteiger partial charge in [0.15, 0.2) is 0 Å². The van der Waals surface area contributed by atoms with Crippen molar-refractivity contribution in [3.8, 4) is 0 Å². The Morgan fingerprint density at radius 1 is 1.17 bits per heavy atom. The topological polar surface area (TPSA) is 69.1 Å². The van der Waals surface area contributed by atoms with Crippen molar-refractivity contribution in [2.75, 3.05) is 18.8 Å². The van der Waals surface area contributed by atoms with E-state index in [-0.39, 0.29) is 11.7 Å². The summed E-state index contributed by atoms with van der Waals surface area (Å²) in [7, 11) is 0. The summed E-state index contributed by atoms with van der Waals surface area (Å²) < 4.78 is 0. The van der Waals surface area contributed by atoms with E-state index in [1.54, 1.807) is 0 Å². The molecule has 0 aliphatic rings. The molecule has 0 bridgehead atoms. The highest BCUT2D eigenvalue weighted by molar-refractivity contribution is 8.13. The molecule has 0 radical (unpaired) electrons. The average molecular weight is 194 g/mol. The van der Waals surface area contributed by atoms with Crippen LogP contribution in [0, 0.1) is 0 Å². The lowest BCUT2D eigenvalue weighted by molar-refractivity contribution is -0.109. The first kappa shape index (κ1) is 17.9. The zero-order chi connectivity index (χ0) is 10.4. The van der Waals surface area contributed by atoms with Crippen molar-refractivity contribution in [2.24, 2.45) is 11.5 Å². The van der Waals surface area contributed by atoms with Crippen LogP contribution in [0.4, 0.5) is 0 Å². The molecule has 3 nitrogen and oxygen atoms in total. The average Bonchev–Trinajstić information content (AvgIpc) is 2.20. The van der Waals surface area contributed by atoms with Gasteiger partial charge in [-0.15, -0.1) is 0 Å². The third-order valence-corrected chi connectivity index (χ3v) is 1.48. The zero-order valence-corrected chi connectivity index (χ0v) is 9.41. The molecule has 0 atom stereocenters. The van der Waals surface area contributed by atoms with E-state index >= 15 is 0 Å². The van der Waals surface area contributed by atoms with Crippen LogP contribution >= 0.6 is 11.8 Å². The summed E-state index contributed by atoms with van der Waals surface area (Å²) in [6, 6.07) is 0. The second-order valence-corrected chi connectivity index (χ2v) is 2.37. The molecule has 0 amide bonds. The van der Waals surface area contributed by atoms with Gasteiger partial charge in [0.2, 0.25) is 5.12 Å². The van der Waals surface area contributed by atoms with Crippen LogP contribution in [0.2, 0.25) is 0 Å². The standard InChI is InChI=1S/C4H10N2OS.2C2H6/c5-1-2-8-4(7)3-6;2*1-2/h1-3,5-6H2;2*1-2H3. The van der Waals surface area contributed by atoms with E-state index in [1.165, 1.54) is 11.8 Å². The summed E-state index contributed by atoms with van der Waals surface area (Å²) in [5.41, 5.74) is 10.1. The molecular weight excluding hydrogens is 172 g/mol. The SMILES string of the molecule is CC.CC.NCCSC(=O)CN. The van der Waals surface area contributed by atoms with Crippen molar-refractivity contribution in [2.45, 2.75) is 27.7 Å². The van der Waals surface area contributed by atoms with E-state index in [2.05, 4.69) is 0 Å². The Hall–Kier alpha value is -0.0600. The Morgan fingerprint density at radius 3 is 1.83 bits per heavy atom. The van der Waals surface area contributed by atoms with Crippen molar-refractivity contribution in [3.05, 3.63) is 0 Å². The summed E-state index contributed by atoms with van der Waals surface area (Å²) in [5.74, 6) is 0.677. The Bertz CT molecular complexity index is 79.5. The van der Waals surface area contributed by atoms with Crippen molar-refractivity contribution in [3.63, 3.8) is 0 Å². The first-order chi connectivity index (χ1) is 5.81. The molecule has 0 heterocycles. The lowest BCUT2D eigenvalue weighted by Gasteiger charge is -1.91. The van der Waals surface area contributed by atoms with Gasteiger partial charge in [-0.2, -0.15) is 0 Å². The van der Waals surface area contributed by atoms with Crippen LogP contribution in [-0.2, 0) is 4.79 Å². The van der Waals surface area contributed by atoms with Crippen LogP contribution in [0.1, 0.15) is 27.7 Å². The maximum Gasteiger partial charge on any atom is 0.202 e. The molecule has 0 spiro atoms. The highest BCUT2D eigenvalue weighted by atomic mass is 32.2. The monoisotopic (exact) mass is 194 g/mol. The lowest BCUT2D eigenvalue weighted by Crippen LogP contribution is -2.12. The van der Waals surface area contributed by atoms with Crippen molar-refractivity contribution in [1.29, 1.82) is 0 Å².